The van der Waals surface area contributed by atoms with E-state index in [-0.39, 0.29) is 5.82 Å². The minimum absolute atomic E-state index is 0.255. The van der Waals surface area contributed by atoms with E-state index in [9.17, 15) is 9.50 Å². The third-order valence-corrected chi connectivity index (χ3v) is 3.70. The van der Waals surface area contributed by atoms with Crippen LogP contribution in [-0.4, -0.2) is 11.2 Å². The summed E-state index contributed by atoms with van der Waals surface area (Å²) >= 11 is 0. The molecular weight excluding hydrogens is 263 g/mol. The summed E-state index contributed by atoms with van der Waals surface area (Å²) in [5.74, 6) is -0.255. The topological polar surface area (TPSA) is 20.2 Å². The van der Waals surface area contributed by atoms with Crippen LogP contribution < -0.4 is 0 Å². The number of benzene rings is 3. The maximum Gasteiger partial charge on any atom is 0.126 e. The monoisotopic (exact) mass is 280 g/mol. The molecule has 0 saturated heterocycles. The van der Waals surface area contributed by atoms with E-state index in [4.69, 9.17) is 0 Å². The maximum atomic E-state index is 13.6. The summed E-state index contributed by atoms with van der Waals surface area (Å²) in [5, 5.41) is 12.5. The summed E-state index contributed by atoms with van der Waals surface area (Å²) in [4.78, 5) is 0. The van der Waals surface area contributed by atoms with Crippen molar-refractivity contribution in [3.63, 3.8) is 0 Å². The third kappa shape index (κ3) is 3.29. The van der Waals surface area contributed by atoms with Gasteiger partial charge in [-0.3, -0.25) is 0 Å². The lowest BCUT2D eigenvalue weighted by Gasteiger charge is -2.12. The number of hydrogen-bond donors (Lipinski definition) is 1. The molecule has 1 atom stereocenters. The van der Waals surface area contributed by atoms with Crippen molar-refractivity contribution in [3.05, 3.63) is 83.7 Å². The lowest BCUT2D eigenvalue weighted by Crippen LogP contribution is -2.14. The van der Waals surface area contributed by atoms with E-state index < -0.39 is 6.10 Å². The van der Waals surface area contributed by atoms with Crippen molar-refractivity contribution in [1.82, 2.24) is 0 Å². The molecule has 1 unspecified atom stereocenters. The Hall–Kier alpha value is -2.19. The number of rotatable bonds is 4. The second-order valence-corrected chi connectivity index (χ2v) is 5.33. The Labute approximate surface area is 123 Å². The molecule has 0 spiro atoms. The Balaban J connectivity index is 1.74. The van der Waals surface area contributed by atoms with Gasteiger partial charge in [-0.15, -0.1) is 0 Å². The Bertz CT molecular complexity index is 751. The van der Waals surface area contributed by atoms with Crippen LogP contribution in [-0.2, 0) is 12.8 Å². The van der Waals surface area contributed by atoms with Crippen LogP contribution in [0.1, 0.15) is 11.1 Å². The van der Waals surface area contributed by atoms with Gasteiger partial charge in [-0.2, -0.15) is 0 Å². The zero-order chi connectivity index (χ0) is 14.7. The summed E-state index contributed by atoms with van der Waals surface area (Å²) in [6.45, 7) is 0. The molecule has 3 aromatic rings. The number of halogens is 1. The second kappa shape index (κ2) is 6.06. The number of fused-ring (bicyclic) bond motifs is 1. The van der Waals surface area contributed by atoms with Crippen LogP contribution in [0.5, 0.6) is 0 Å². The maximum absolute atomic E-state index is 13.6. The average molecular weight is 280 g/mol. The first-order valence-corrected chi connectivity index (χ1v) is 7.11. The van der Waals surface area contributed by atoms with Crippen molar-refractivity contribution in [2.75, 3.05) is 0 Å². The quantitative estimate of drug-likeness (QED) is 0.762. The van der Waals surface area contributed by atoms with Crippen LogP contribution in [0.4, 0.5) is 4.39 Å². The molecule has 1 nitrogen and oxygen atoms in total. The summed E-state index contributed by atoms with van der Waals surface area (Å²) < 4.78 is 13.6. The highest BCUT2D eigenvalue weighted by Gasteiger charge is 2.10. The molecule has 0 bridgehead atoms. The van der Waals surface area contributed by atoms with Crippen LogP contribution in [0, 0.1) is 5.82 Å². The van der Waals surface area contributed by atoms with E-state index in [1.165, 1.54) is 11.5 Å². The van der Waals surface area contributed by atoms with E-state index in [0.29, 0.717) is 18.4 Å². The van der Waals surface area contributed by atoms with Gasteiger partial charge in [0.15, 0.2) is 0 Å². The molecule has 106 valence electrons. The Morgan fingerprint density at radius 1 is 0.810 bits per heavy atom. The number of hydrogen-bond acceptors (Lipinski definition) is 1. The predicted molar refractivity (Wildman–Crippen MR) is 83.8 cm³/mol. The van der Waals surface area contributed by atoms with Crippen LogP contribution >= 0.6 is 0 Å². The van der Waals surface area contributed by atoms with Crippen molar-refractivity contribution in [2.45, 2.75) is 18.9 Å². The molecule has 0 saturated carbocycles. The fourth-order valence-electron chi connectivity index (χ4n) is 2.63. The SMILES string of the molecule is OC(Cc1ccc2ccccc2c1)Cc1ccccc1F. The van der Waals surface area contributed by atoms with Gasteiger partial charge < -0.3 is 5.11 Å². The van der Waals surface area contributed by atoms with Gasteiger partial charge in [-0.1, -0.05) is 60.7 Å². The van der Waals surface area contributed by atoms with Gasteiger partial charge >= 0.3 is 0 Å². The fraction of sp³-hybridized carbons (Fsp3) is 0.158. The molecule has 0 aliphatic carbocycles. The molecule has 0 aromatic heterocycles. The predicted octanol–water partition coefficient (Wildman–Crippen LogP) is 4.13. The van der Waals surface area contributed by atoms with E-state index in [1.807, 2.05) is 18.2 Å². The largest absolute Gasteiger partial charge is 0.392 e. The highest BCUT2D eigenvalue weighted by Crippen LogP contribution is 2.18. The zero-order valence-electron chi connectivity index (χ0n) is 11.7. The van der Waals surface area contributed by atoms with E-state index in [1.54, 1.807) is 18.2 Å². The standard InChI is InChI=1S/C19H17FO/c20-19-8-4-3-7-17(19)13-18(21)12-14-9-10-15-5-1-2-6-16(15)11-14/h1-11,18,21H,12-13H2. The van der Waals surface area contributed by atoms with Gasteiger partial charge in [0.05, 0.1) is 6.10 Å². The molecule has 0 amide bonds. The lowest BCUT2D eigenvalue weighted by molar-refractivity contribution is 0.174. The Kier molecular flexibility index (Phi) is 3.98. The molecule has 0 radical (unpaired) electrons. The molecule has 1 N–H and O–H groups in total. The fourth-order valence-corrected chi connectivity index (χ4v) is 2.63. The molecule has 0 aliphatic rings. The number of aliphatic hydroxyl groups is 1. The molecule has 2 heteroatoms. The first-order valence-electron chi connectivity index (χ1n) is 7.11. The van der Waals surface area contributed by atoms with E-state index in [2.05, 4.69) is 24.3 Å². The van der Waals surface area contributed by atoms with Gasteiger partial charge in [0.25, 0.3) is 0 Å². The van der Waals surface area contributed by atoms with Crippen molar-refractivity contribution >= 4 is 10.8 Å². The zero-order valence-corrected chi connectivity index (χ0v) is 11.7. The third-order valence-electron chi connectivity index (χ3n) is 3.70. The van der Waals surface area contributed by atoms with E-state index in [0.717, 1.165) is 10.9 Å². The molecule has 3 rings (SSSR count). The van der Waals surface area contributed by atoms with Crippen LogP contribution in [0.25, 0.3) is 10.8 Å². The lowest BCUT2D eigenvalue weighted by atomic mass is 9.99. The first-order chi connectivity index (χ1) is 10.2. The minimum Gasteiger partial charge on any atom is -0.392 e. The van der Waals surface area contributed by atoms with Gasteiger partial charge in [-0.25, -0.2) is 4.39 Å². The average Bonchev–Trinajstić information content (AvgIpc) is 2.49. The summed E-state index contributed by atoms with van der Waals surface area (Å²) in [6.07, 6.45) is 0.279. The van der Waals surface area contributed by atoms with Crippen molar-refractivity contribution in [3.8, 4) is 0 Å². The van der Waals surface area contributed by atoms with Crippen molar-refractivity contribution in [1.29, 1.82) is 0 Å². The van der Waals surface area contributed by atoms with Crippen LogP contribution in [0.2, 0.25) is 0 Å². The Morgan fingerprint density at radius 3 is 2.33 bits per heavy atom. The molecule has 0 fully saturated rings. The highest BCUT2D eigenvalue weighted by molar-refractivity contribution is 5.82. The summed E-state index contributed by atoms with van der Waals surface area (Å²) in [7, 11) is 0. The molecule has 0 heterocycles. The van der Waals surface area contributed by atoms with Gasteiger partial charge in [0.1, 0.15) is 5.82 Å². The smallest absolute Gasteiger partial charge is 0.126 e. The van der Waals surface area contributed by atoms with Crippen molar-refractivity contribution in [2.24, 2.45) is 0 Å². The van der Waals surface area contributed by atoms with Gasteiger partial charge in [-0.05, 0) is 34.4 Å². The molecule has 0 aliphatic heterocycles. The van der Waals surface area contributed by atoms with Gasteiger partial charge in [0, 0.05) is 6.42 Å². The highest BCUT2D eigenvalue weighted by atomic mass is 19.1. The molecule has 21 heavy (non-hydrogen) atoms. The van der Waals surface area contributed by atoms with Gasteiger partial charge in [0.2, 0.25) is 0 Å². The summed E-state index contributed by atoms with van der Waals surface area (Å²) in [5.41, 5.74) is 1.63. The number of aliphatic hydroxyl groups excluding tert-OH is 1. The molecule has 3 aromatic carbocycles. The first kappa shape index (κ1) is 13.8. The molecular formula is C19H17FO. The van der Waals surface area contributed by atoms with E-state index >= 15 is 0 Å². The van der Waals surface area contributed by atoms with Crippen molar-refractivity contribution < 1.29 is 9.50 Å². The van der Waals surface area contributed by atoms with Crippen LogP contribution in [0.3, 0.4) is 0 Å². The Morgan fingerprint density at radius 2 is 1.52 bits per heavy atom. The minimum atomic E-state index is -0.580. The normalized spacial score (nSPS) is 12.5. The second-order valence-electron chi connectivity index (χ2n) is 5.33. The van der Waals surface area contributed by atoms with Crippen LogP contribution in [0.15, 0.2) is 66.7 Å². The summed E-state index contributed by atoms with van der Waals surface area (Å²) in [6, 6.07) is 20.9.